The molecule has 0 radical (unpaired) electrons. The van der Waals surface area contributed by atoms with Crippen LogP contribution < -0.4 is 10.6 Å². The third kappa shape index (κ3) is 9.73. The second-order valence-corrected chi connectivity index (χ2v) is 10.9. The van der Waals surface area contributed by atoms with Crippen molar-refractivity contribution < 1.29 is 29.1 Å². The molecule has 1 aliphatic heterocycles. The fourth-order valence-corrected chi connectivity index (χ4v) is 4.94. The quantitative estimate of drug-likeness (QED) is 0.254. The molecule has 0 saturated carbocycles. The van der Waals surface area contributed by atoms with Crippen LogP contribution in [0, 0.1) is 5.41 Å². The molecule has 4 amide bonds. The van der Waals surface area contributed by atoms with Gasteiger partial charge in [-0.1, -0.05) is 41.0 Å². The Balaban J connectivity index is 2.42. The van der Waals surface area contributed by atoms with E-state index in [-0.39, 0.29) is 35.8 Å². The lowest BCUT2D eigenvalue weighted by molar-refractivity contribution is -0.139. The lowest BCUT2D eigenvalue weighted by atomic mass is 9.86. The van der Waals surface area contributed by atoms with Crippen molar-refractivity contribution in [2.45, 2.75) is 96.1 Å². The summed E-state index contributed by atoms with van der Waals surface area (Å²) in [6, 6.07) is -0.853. The van der Waals surface area contributed by atoms with Crippen molar-refractivity contribution >= 4 is 41.4 Å². The largest absolute Gasteiger partial charge is 0.480 e. The molecule has 1 fully saturated rings. The zero-order chi connectivity index (χ0) is 25.2. The number of unbranched alkanes of at least 4 members (excludes halogenated alkanes) is 2. The monoisotopic (exact) mass is 485 g/mol. The van der Waals surface area contributed by atoms with Crippen molar-refractivity contribution in [2.75, 3.05) is 13.1 Å². The molecule has 0 aromatic carbocycles. The van der Waals surface area contributed by atoms with Crippen LogP contribution in [0.3, 0.4) is 0 Å². The van der Waals surface area contributed by atoms with Crippen LogP contribution in [-0.4, -0.2) is 69.2 Å². The predicted molar refractivity (Wildman–Crippen MR) is 128 cm³/mol. The van der Waals surface area contributed by atoms with E-state index in [1.807, 2.05) is 0 Å². The molecule has 0 aliphatic carbocycles. The van der Waals surface area contributed by atoms with E-state index in [2.05, 4.69) is 24.5 Å². The van der Waals surface area contributed by atoms with Gasteiger partial charge in [0, 0.05) is 24.6 Å². The fraction of sp³-hybridized carbons (Fsp3) is 0.783. The molecule has 0 aromatic rings. The number of thioether (sulfide) groups is 1. The average molecular weight is 486 g/mol. The summed E-state index contributed by atoms with van der Waals surface area (Å²) in [5, 5.41) is 13.8. The van der Waals surface area contributed by atoms with E-state index in [0.29, 0.717) is 31.1 Å². The van der Waals surface area contributed by atoms with Crippen molar-refractivity contribution in [1.82, 2.24) is 15.5 Å². The highest BCUT2D eigenvalue weighted by atomic mass is 32.2. The number of aliphatic carboxylic acids is 1. The van der Waals surface area contributed by atoms with Crippen molar-refractivity contribution in [3.63, 3.8) is 0 Å². The van der Waals surface area contributed by atoms with Gasteiger partial charge < -0.3 is 15.7 Å². The van der Waals surface area contributed by atoms with Gasteiger partial charge in [-0.05, 0) is 31.1 Å². The molecule has 10 heteroatoms. The van der Waals surface area contributed by atoms with E-state index >= 15 is 0 Å². The van der Waals surface area contributed by atoms with Crippen LogP contribution in [0.15, 0.2) is 0 Å². The van der Waals surface area contributed by atoms with Gasteiger partial charge >= 0.3 is 5.97 Å². The Labute approximate surface area is 200 Å². The van der Waals surface area contributed by atoms with Gasteiger partial charge in [-0.15, -0.1) is 11.8 Å². The van der Waals surface area contributed by atoms with Gasteiger partial charge in [-0.2, -0.15) is 0 Å². The molecule has 0 bridgehead atoms. The van der Waals surface area contributed by atoms with Crippen molar-refractivity contribution in [3.8, 4) is 0 Å². The first kappa shape index (κ1) is 28.9. The average Bonchev–Trinajstić information content (AvgIpc) is 3.00. The van der Waals surface area contributed by atoms with E-state index in [1.54, 1.807) is 32.5 Å². The zero-order valence-corrected chi connectivity index (χ0v) is 21.3. The second kappa shape index (κ2) is 13.6. The van der Waals surface area contributed by atoms with Gasteiger partial charge in [0.05, 0.1) is 5.25 Å². The molecule has 9 nitrogen and oxygen atoms in total. The summed E-state index contributed by atoms with van der Waals surface area (Å²) in [5.74, 6) is -2.21. The summed E-state index contributed by atoms with van der Waals surface area (Å²) < 4.78 is 0. The lowest BCUT2D eigenvalue weighted by Crippen LogP contribution is -2.54. The standard InChI is InChI=1S/C23H39N3O6S/c1-6-15(7-2)33-16-13-18(28)26(22(16)32)12-10-8-9-11-17(27)25-20(23(3,4)5)21(31)24-14-19(29)30/h15-16,20H,6-14H2,1-5H3,(H,24,31)(H,25,27)(H,29,30)/t16?,20-/m1/s1. The minimum atomic E-state index is -1.15. The number of amides is 4. The molecular weight excluding hydrogens is 446 g/mol. The first-order valence-corrected chi connectivity index (χ1v) is 12.6. The van der Waals surface area contributed by atoms with Crippen molar-refractivity contribution in [2.24, 2.45) is 5.41 Å². The number of nitrogens with one attached hydrogen (secondary N) is 2. The molecule has 3 N–H and O–H groups in total. The van der Waals surface area contributed by atoms with Gasteiger partial charge in [0.15, 0.2) is 0 Å². The van der Waals surface area contributed by atoms with E-state index in [0.717, 1.165) is 12.8 Å². The number of carboxylic acid groups (broad SMARTS) is 1. The third-order valence-electron chi connectivity index (χ3n) is 5.60. The van der Waals surface area contributed by atoms with Crippen LogP contribution >= 0.6 is 11.8 Å². The summed E-state index contributed by atoms with van der Waals surface area (Å²) >= 11 is 1.60. The van der Waals surface area contributed by atoms with E-state index in [1.165, 1.54) is 4.90 Å². The molecule has 1 rings (SSSR count). The van der Waals surface area contributed by atoms with Gasteiger partial charge in [0.2, 0.25) is 23.6 Å². The van der Waals surface area contributed by atoms with Crippen molar-refractivity contribution in [3.05, 3.63) is 0 Å². The number of carbonyl (C=O) groups is 5. The predicted octanol–water partition coefficient (Wildman–Crippen LogP) is 2.33. The SMILES string of the molecule is CCC(CC)SC1CC(=O)N(CCCCCC(=O)N[C@H](C(=O)NCC(=O)O)C(C)(C)C)C1=O. The number of imide groups is 1. The molecular formula is C23H39N3O6S. The molecule has 1 heterocycles. The molecule has 0 spiro atoms. The second-order valence-electron chi connectivity index (χ2n) is 9.44. The van der Waals surface area contributed by atoms with Crippen molar-refractivity contribution in [1.29, 1.82) is 0 Å². The molecule has 188 valence electrons. The first-order chi connectivity index (χ1) is 15.4. The summed E-state index contributed by atoms with van der Waals surface area (Å²) in [4.78, 5) is 61.5. The van der Waals surface area contributed by atoms with E-state index in [4.69, 9.17) is 5.11 Å². The van der Waals surface area contributed by atoms with Gasteiger partial charge in [0.1, 0.15) is 12.6 Å². The number of nitrogens with zero attached hydrogens (tertiary/aromatic N) is 1. The Morgan fingerprint density at radius 3 is 2.30 bits per heavy atom. The Hall–Kier alpha value is -2.10. The molecule has 1 aliphatic rings. The Kier molecular flexibility index (Phi) is 11.9. The van der Waals surface area contributed by atoms with Gasteiger partial charge in [0.25, 0.3) is 0 Å². The molecule has 0 aromatic heterocycles. The van der Waals surface area contributed by atoms with E-state index < -0.39 is 29.9 Å². The zero-order valence-electron chi connectivity index (χ0n) is 20.4. The Morgan fingerprint density at radius 2 is 1.76 bits per heavy atom. The molecule has 2 atom stereocenters. The number of hydrogen-bond acceptors (Lipinski definition) is 6. The maximum atomic E-state index is 12.6. The number of likely N-dealkylation sites (tertiary alicyclic amines) is 1. The van der Waals surface area contributed by atoms with Crippen LogP contribution in [-0.2, 0) is 24.0 Å². The smallest absolute Gasteiger partial charge is 0.322 e. The maximum absolute atomic E-state index is 12.6. The third-order valence-corrected chi connectivity index (χ3v) is 7.35. The van der Waals surface area contributed by atoms with Gasteiger partial charge in [-0.3, -0.25) is 28.9 Å². The van der Waals surface area contributed by atoms with E-state index in [9.17, 15) is 24.0 Å². The maximum Gasteiger partial charge on any atom is 0.322 e. The van der Waals surface area contributed by atoms with Crippen LogP contribution in [0.4, 0.5) is 0 Å². The molecule has 33 heavy (non-hydrogen) atoms. The highest BCUT2D eigenvalue weighted by Gasteiger charge is 2.39. The Bertz CT molecular complexity index is 717. The normalized spacial score (nSPS) is 17.4. The number of rotatable bonds is 14. The topological polar surface area (TPSA) is 133 Å². The van der Waals surface area contributed by atoms with Gasteiger partial charge in [-0.25, -0.2) is 0 Å². The molecule has 1 unspecified atom stereocenters. The number of carboxylic acids is 1. The van der Waals surface area contributed by atoms with Crippen LogP contribution in [0.1, 0.15) is 79.6 Å². The summed E-state index contributed by atoms with van der Waals surface area (Å²) in [7, 11) is 0. The minimum Gasteiger partial charge on any atom is -0.480 e. The highest BCUT2D eigenvalue weighted by molar-refractivity contribution is 8.01. The summed E-state index contributed by atoms with van der Waals surface area (Å²) in [5.41, 5.74) is -0.585. The first-order valence-electron chi connectivity index (χ1n) is 11.7. The number of hydrogen-bond donors (Lipinski definition) is 3. The number of carbonyl (C=O) groups excluding carboxylic acids is 4. The van der Waals surface area contributed by atoms with Crippen LogP contribution in [0.2, 0.25) is 0 Å². The molecule has 1 saturated heterocycles. The Morgan fingerprint density at radius 1 is 1.12 bits per heavy atom. The summed E-state index contributed by atoms with van der Waals surface area (Å²) in [6.07, 6.45) is 4.25. The lowest BCUT2D eigenvalue weighted by Gasteiger charge is -2.30. The van der Waals surface area contributed by atoms with Crippen LogP contribution in [0.5, 0.6) is 0 Å². The van der Waals surface area contributed by atoms with Crippen LogP contribution in [0.25, 0.3) is 0 Å². The summed E-state index contributed by atoms with van der Waals surface area (Å²) in [6.45, 7) is 9.39. The highest BCUT2D eigenvalue weighted by Crippen LogP contribution is 2.31. The minimum absolute atomic E-state index is 0.102. The fourth-order valence-electron chi connectivity index (χ4n) is 3.61.